The highest BCUT2D eigenvalue weighted by Gasteiger charge is 2.78. The van der Waals surface area contributed by atoms with Crippen molar-refractivity contribution < 1.29 is 35.5 Å². The van der Waals surface area contributed by atoms with Gasteiger partial charge in [0.05, 0.1) is 0 Å². The zero-order valence-corrected chi connectivity index (χ0v) is 13.2. The van der Waals surface area contributed by atoms with Crippen LogP contribution >= 0.6 is 0 Å². The van der Waals surface area contributed by atoms with E-state index in [0.29, 0.717) is 0 Å². The first kappa shape index (κ1) is 15.9. The van der Waals surface area contributed by atoms with Crippen LogP contribution in [0.25, 0.3) is 0 Å². The summed E-state index contributed by atoms with van der Waals surface area (Å²) in [7, 11) is -4.26. The average molecular weight is 367 g/mol. The third-order valence-electron chi connectivity index (χ3n) is 5.16. The molecule has 10 heteroatoms. The minimum absolute atomic E-state index is 0.00639. The lowest BCUT2D eigenvalue weighted by Gasteiger charge is -2.27. The number of benzene rings is 1. The first-order valence-corrected chi connectivity index (χ1v) is 8.70. The fourth-order valence-electron chi connectivity index (χ4n) is 3.49. The number of para-hydroxylation sites is 1. The largest absolute Gasteiger partial charge is 0.586 e. The molecule has 0 aromatic heterocycles. The van der Waals surface area contributed by atoms with Crippen molar-refractivity contribution in [1.82, 2.24) is 4.31 Å². The number of alkyl halides is 4. The number of hydrogen-bond donors (Lipinski definition) is 0. The van der Waals surface area contributed by atoms with Gasteiger partial charge in [0, 0.05) is 24.4 Å². The van der Waals surface area contributed by atoms with Gasteiger partial charge in [0.25, 0.3) is 5.92 Å². The summed E-state index contributed by atoms with van der Waals surface area (Å²) in [5, 5.41) is 0. The van der Waals surface area contributed by atoms with Gasteiger partial charge in [-0.1, -0.05) is 13.0 Å². The molecule has 1 aromatic rings. The number of nitrogens with zero attached hydrogens (tertiary/aromatic N) is 1. The van der Waals surface area contributed by atoms with Crippen LogP contribution in [0.3, 0.4) is 0 Å². The molecule has 1 saturated carbocycles. The SMILES string of the molecule is CC12CCN(S(=O)(=O)c3cccc4c3OC(F)(F)O4)CC1C2(F)F. The summed E-state index contributed by atoms with van der Waals surface area (Å²) in [5.74, 6) is -4.98. The molecule has 24 heavy (non-hydrogen) atoms. The molecule has 0 spiro atoms. The lowest BCUT2D eigenvalue weighted by atomic mass is 9.99. The molecule has 132 valence electrons. The van der Waals surface area contributed by atoms with Crippen LogP contribution in [0.5, 0.6) is 11.5 Å². The van der Waals surface area contributed by atoms with Crippen LogP contribution < -0.4 is 9.47 Å². The predicted octanol–water partition coefficient (Wildman–Crippen LogP) is 2.67. The van der Waals surface area contributed by atoms with Crippen molar-refractivity contribution in [2.75, 3.05) is 13.1 Å². The number of fused-ring (bicyclic) bond motifs is 2. The number of rotatable bonds is 2. The van der Waals surface area contributed by atoms with Crippen LogP contribution in [0.4, 0.5) is 17.6 Å². The molecule has 0 radical (unpaired) electrons. The molecule has 4 rings (SSSR count). The highest BCUT2D eigenvalue weighted by Crippen LogP contribution is 2.69. The number of ether oxygens (including phenoxy) is 2. The van der Waals surface area contributed by atoms with Crippen LogP contribution in [-0.2, 0) is 10.0 Å². The fourth-order valence-corrected chi connectivity index (χ4v) is 5.07. The van der Waals surface area contributed by atoms with E-state index < -0.39 is 50.0 Å². The number of halogens is 4. The number of hydrogen-bond acceptors (Lipinski definition) is 4. The third kappa shape index (κ3) is 1.92. The third-order valence-corrected chi connectivity index (χ3v) is 7.05. The smallest absolute Gasteiger partial charge is 0.395 e. The molecule has 2 heterocycles. The van der Waals surface area contributed by atoms with E-state index in [1.54, 1.807) is 0 Å². The first-order valence-electron chi connectivity index (χ1n) is 7.26. The second-order valence-corrected chi connectivity index (χ2v) is 8.36. The lowest BCUT2D eigenvalue weighted by molar-refractivity contribution is -0.287. The summed E-state index contributed by atoms with van der Waals surface area (Å²) in [6.07, 6.45) is -3.95. The van der Waals surface area contributed by atoms with Crippen molar-refractivity contribution in [1.29, 1.82) is 0 Å². The Morgan fingerprint density at radius 2 is 1.92 bits per heavy atom. The second kappa shape index (κ2) is 4.34. The maximum atomic E-state index is 13.8. The Morgan fingerprint density at radius 3 is 2.58 bits per heavy atom. The van der Waals surface area contributed by atoms with E-state index in [-0.39, 0.29) is 19.5 Å². The summed E-state index contributed by atoms with van der Waals surface area (Å²) < 4.78 is 88.9. The van der Waals surface area contributed by atoms with Gasteiger partial charge >= 0.3 is 6.29 Å². The summed E-state index contributed by atoms with van der Waals surface area (Å²) in [5.41, 5.74) is -1.19. The van der Waals surface area contributed by atoms with E-state index in [1.165, 1.54) is 13.0 Å². The molecule has 1 aromatic carbocycles. The summed E-state index contributed by atoms with van der Waals surface area (Å²) in [6, 6.07) is 3.48. The van der Waals surface area contributed by atoms with Crippen LogP contribution in [0.15, 0.2) is 23.1 Å². The van der Waals surface area contributed by atoms with Crippen molar-refractivity contribution in [3.8, 4) is 11.5 Å². The van der Waals surface area contributed by atoms with Gasteiger partial charge in [-0.05, 0) is 18.6 Å². The maximum absolute atomic E-state index is 13.8. The number of sulfonamides is 1. The van der Waals surface area contributed by atoms with Crippen LogP contribution in [0.1, 0.15) is 13.3 Å². The minimum Gasteiger partial charge on any atom is -0.395 e. The van der Waals surface area contributed by atoms with Gasteiger partial charge in [-0.15, -0.1) is 8.78 Å². The molecule has 2 atom stereocenters. The molecule has 0 amide bonds. The quantitative estimate of drug-likeness (QED) is 0.755. The van der Waals surface area contributed by atoms with Gasteiger partial charge in [-0.25, -0.2) is 17.2 Å². The molecule has 2 fully saturated rings. The lowest BCUT2D eigenvalue weighted by Crippen LogP contribution is -2.39. The molecular formula is C14H13F4NO4S. The number of piperidine rings is 1. The Bertz CT molecular complexity index is 828. The molecule has 3 aliphatic rings. The highest BCUT2D eigenvalue weighted by atomic mass is 32.2. The van der Waals surface area contributed by atoms with Crippen LogP contribution in [-0.4, -0.2) is 38.0 Å². The molecule has 2 unspecified atom stereocenters. The Labute approximate surface area is 135 Å². The molecule has 5 nitrogen and oxygen atoms in total. The van der Waals surface area contributed by atoms with Crippen molar-refractivity contribution in [3.63, 3.8) is 0 Å². The fraction of sp³-hybridized carbons (Fsp3) is 0.571. The standard InChI is InChI=1S/C14H13F4NO4S/c1-12-5-6-19(7-10(12)13(12,15)16)24(20,21)9-4-2-3-8-11(9)23-14(17,18)22-8/h2-4,10H,5-7H2,1H3. The van der Waals surface area contributed by atoms with E-state index in [0.717, 1.165) is 16.4 Å². The molecule has 0 bridgehead atoms. The summed E-state index contributed by atoms with van der Waals surface area (Å²) in [6.45, 7) is 0.970. The van der Waals surface area contributed by atoms with Crippen LogP contribution in [0.2, 0.25) is 0 Å². The summed E-state index contributed by atoms with van der Waals surface area (Å²) >= 11 is 0. The Hall–Kier alpha value is -1.55. The van der Waals surface area contributed by atoms with Crippen LogP contribution in [0, 0.1) is 11.3 Å². The van der Waals surface area contributed by atoms with E-state index in [2.05, 4.69) is 9.47 Å². The molecule has 1 aliphatic carbocycles. The van der Waals surface area contributed by atoms with E-state index in [4.69, 9.17) is 0 Å². The van der Waals surface area contributed by atoms with E-state index >= 15 is 0 Å². The first-order chi connectivity index (χ1) is 11.0. The molecule has 2 aliphatic heterocycles. The predicted molar refractivity (Wildman–Crippen MR) is 72.6 cm³/mol. The normalized spacial score (nSPS) is 33.1. The van der Waals surface area contributed by atoms with Crippen molar-refractivity contribution >= 4 is 10.0 Å². The highest BCUT2D eigenvalue weighted by molar-refractivity contribution is 7.89. The zero-order valence-electron chi connectivity index (χ0n) is 12.4. The van der Waals surface area contributed by atoms with Gasteiger partial charge in [0.15, 0.2) is 11.5 Å². The minimum atomic E-state index is -4.26. The zero-order chi connectivity index (χ0) is 17.5. The Morgan fingerprint density at radius 1 is 1.21 bits per heavy atom. The summed E-state index contributed by atoms with van der Waals surface area (Å²) in [4.78, 5) is -0.509. The Kier molecular flexibility index (Phi) is 2.89. The maximum Gasteiger partial charge on any atom is 0.586 e. The van der Waals surface area contributed by atoms with E-state index in [9.17, 15) is 26.0 Å². The van der Waals surface area contributed by atoms with Crippen molar-refractivity contribution in [2.45, 2.75) is 30.5 Å². The topological polar surface area (TPSA) is 55.8 Å². The van der Waals surface area contributed by atoms with Gasteiger partial charge in [-0.2, -0.15) is 4.31 Å². The molecule has 1 saturated heterocycles. The van der Waals surface area contributed by atoms with Gasteiger partial charge in [0.1, 0.15) is 4.90 Å². The Balaban J connectivity index is 1.68. The average Bonchev–Trinajstić information content (AvgIpc) is 2.75. The monoisotopic (exact) mass is 367 g/mol. The van der Waals surface area contributed by atoms with Gasteiger partial charge < -0.3 is 9.47 Å². The van der Waals surface area contributed by atoms with Gasteiger partial charge in [-0.3, -0.25) is 0 Å². The van der Waals surface area contributed by atoms with E-state index in [1.807, 2.05) is 0 Å². The van der Waals surface area contributed by atoms with Crippen molar-refractivity contribution in [3.05, 3.63) is 18.2 Å². The van der Waals surface area contributed by atoms with Gasteiger partial charge in [0.2, 0.25) is 10.0 Å². The molecule has 0 N–H and O–H groups in total. The molecular weight excluding hydrogens is 354 g/mol. The second-order valence-electron chi connectivity index (χ2n) is 6.46. The van der Waals surface area contributed by atoms with Crippen molar-refractivity contribution in [2.24, 2.45) is 11.3 Å².